The second-order valence-electron chi connectivity index (χ2n) is 4.03. The molecule has 17 heavy (non-hydrogen) atoms. The highest BCUT2D eigenvalue weighted by molar-refractivity contribution is 5.55. The van der Waals surface area contributed by atoms with Crippen molar-refractivity contribution < 1.29 is 4.74 Å². The number of fused-ring (bicyclic) bond motifs is 1. The Morgan fingerprint density at radius 3 is 3.00 bits per heavy atom. The first-order valence-electron chi connectivity index (χ1n) is 5.65. The molecule has 2 N–H and O–H groups in total. The maximum Gasteiger partial charge on any atom is 0.212 e. The van der Waals surface area contributed by atoms with Crippen molar-refractivity contribution in [2.24, 2.45) is 0 Å². The number of aromatic amines is 1. The van der Waals surface area contributed by atoms with Crippen LogP contribution in [0.1, 0.15) is 11.4 Å². The Balaban J connectivity index is 1.94. The third-order valence-electron chi connectivity index (χ3n) is 2.92. The molecule has 0 amide bonds. The highest BCUT2D eigenvalue weighted by Crippen LogP contribution is 2.20. The minimum Gasteiger partial charge on any atom is -0.481 e. The topological polar surface area (TPSA) is 62.8 Å². The fourth-order valence-corrected chi connectivity index (χ4v) is 2.00. The molecule has 3 heterocycles. The lowest BCUT2D eigenvalue weighted by molar-refractivity contribution is 0.398. The van der Waals surface area contributed by atoms with Gasteiger partial charge in [0.15, 0.2) is 0 Å². The molecule has 0 saturated heterocycles. The standard InChI is InChI=1S/C12H14N4O/c1-17-11-3-2-8(6-14-11)12-15-9-4-5-13-7-10(9)16-12/h2-3,6,13H,4-5,7H2,1H3,(H,15,16). The van der Waals surface area contributed by atoms with Gasteiger partial charge in [-0.05, 0) is 6.07 Å². The molecule has 1 aliphatic heterocycles. The molecular weight excluding hydrogens is 216 g/mol. The highest BCUT2D eigenvalue weighted by Gasteiger charge is 2.14. The van der Waals surface area contributed by atoms with Crippen LogP contribution in [0.5, 0.6) is 5.88 Å². The first-order chi connectivity index (χ1) is 8.36. The Bertz CT molecular complexity index is 494. The van der Waals surface area contributed by atoms with E-state index in [4.69, 9.17) is 4.74 Å². The van der Waals surface area contributed by atoms with Gasteiger partial charge in [0.1, 0.15) is 5.82 Å². The Kier molecular flexibility index (Phi) is 2.53. The number of pyridine rings is 1. The molecule has 0 aliphatic carbocycles. The Morgan fingerprint density at radius 2 is 2.29 bits per heavy atom. The molecule has 0 aromatic carbocycles. The van der Waals surface area contributed by atoms with Crippen LogP contribution in [0.15, 0.2) is 18.3 Å². The van der Waals surface area contributed by atoms with Crippen LogP contribution in [0.4, 0.5) is 0 Å². The minimum absolute atomic E-state index is 0.617. The Morgan fingerprint density at radius 1 is 1.35 bits per heavy atom. The van der Waals surface area contributed by atoms with Crippen LogP contribution in [-0.2, 0) is 13.0 Å². The molecule has 5 nitrogen and oxygen atoms in total. The number of nitrogens with zero attached hydrogens (tertiary/aromatic N) is 2. The lowest BCUT2D eigenvalue weighted by Gasteiger charge is -2.09. The van der Waals surface area contributed by atoms with Gasteiger partial charge in [0.05, 0.1) is 18.5 Å². The van der Waals surface area contributed by atoms with Crippen molar-refractivity contribution in [1.29, 1.82) is 0 Å². The third-order valence-corrected chi connectivity index (χ3v) is 2.92. The zero-order valence-electron chi connectivity index (χ0n) is 9.66. The maximum atomic E-state index is 5.03. The van der Waals surface area contributed by atoms with Gasteiger partial charge in [-0.15, -0.1) is 0 Å². The second kappa shape index (κ2) is 4.18. The number of methoxy groups -OCH3 is 1. The van der Waals surface area contributed by atoms with Crippen molar-refractivity contribution in [1.82, 2.24) is 20.3 Å². The number of ether oxygens (including phenoxy) is 1. The van der Waals surface area contributed by atoms with E-state index >= 15 is 0 Å². The van der Waals surface area contributed by atoms with Crippen LogP contribution < -0.4 is 10.1 Å². The average molecular weight is 230 g/mol. The fourth-order valence-electron chi connectivity index (χ4n) is 2.00. The van der Waals surface area contributed by atoms with E-state index in [1.165, 1.54) is 5.69 Å². The first kappa shape index (κ1) is 10.3. The molecule has 88 valence electrons. The monoisotopic (exact) mass is 230 g/mol. The smallest absolute Gasteiger partial charge is 0.212 e. The minimum atomic E-state index is 0.617. The van der Waals surface area contributed by atoms with Crippen LogP contribution in [-0.4, -0.2) is 28.6 Å². The summed E-state index contributed by atoms with van der Waals surface area (Å²) in [5.74, 6) is 1.50. The number of imidazole rings is 1. The summed E-state index contributed by atoms with van der Waals surface area (Å²) in [5, 5.41) is 3.32. The van der Waals surface area contributed by atoms with Gasteiger partial charge in [-0.2, -0.15) is 0 Å². The van der Waals surface area contributed by atoms with E-state index in [1.54, 1.807) is 13.3 Å². The number of nitrogens with one attached hydrogen (secondary N) is 2. The van der Waals surface area contributed by atoms with Crippen molar-refractivity contribution in [3.05, 3.63) is 29.7 Å². The number of rotatable bonds is 2. The van der Waals surface area contributed by atoms with E-state index in [0.717, 1.165) is 36.6 Å². The molecule has 3 rings (SSSR count). The lowest BCUT2D eigenvalue weighted by Crippen LogP contribution is -2.23. The van der Waals surface area contributed by atoms with Gasteiger partial charge >= 0.3 is 0 Å². The summed E-state index contributed by atoms with van der Waals surface area (Å²) in [5.41, 5.74) is 3.33. The van der Waals surface area contributed by atoms with Gasteiger partial charge < -0.3 is 15.0 Å². The van der Waals surface area contributed by atoms with E-state index in [-0.39, 0.29) is 0 Å². The quantitative estimate of drug-likeness (QED) is 0.811. The molecule has 0 unspecified atom stereocenters. The van der Waals surface area contributed by atoms with E-state index in [2.05, 4.69) is 20.3 Å². The largest absolute Gasteiger partial charge is 0.481 e. The van der Waals surface area contributed by atoms with Gasteiger partial charge in [-0.1, -0.05) is 0 Å². The molecular formula is C12H14N4O. The molecule has 5 heteroatoms. The van der Waals surface area contributed by atoms with Crippen LogP contribution in [0.3, 0.4) is 0 Å². The van der Waals surface area contributed by atoms with Crippen LogP contribution in [0.2, 0.25) is 0 Å². The van der Waals surface area contributed by atoms with E-state index in [1.807, 2.05) is 12.1 Å². The summed E-state index contributed by atoms with van der Waals surface area (Å²) >= 11 is 0. The third kappa shape index (κ3) is 1.89. The number of H-pyrrole nitrogens is 1. The molecule has 0 spiro atoms. The summed E-state index contributed by atoms with van der Waals surface area (Å²) in [6.07, 6.45) is 2.76. The Hall–Kier alpha value is -1.88. The summed E-state index contributed by atoms with van der Waals surface area (Å²) in [4.78, 5) is 12.1. The molecule has 0 atom stereocenters. The molecule has 0 saturated carbocycles. The van der Waals surface area contributed by atoms with Gasteiger partial charge in [0.25, 0.3) is 0 Å². The van der Waals surface area contributed by atoms with Crippen molar-refractivity contribution in [2.45, 2.75) is 13.0 Å². The molecule has 2 aromatic heterocycles. The molecule has 0 bridgehead atoms. The zero-order valence-corrected chi connectivity index (χ0v) is 9.66. The van der Waals surface area contributed by atoms with Gasteiger partial charge in [0.2, 0.25) is 5.88 Å². The van der Waals surface area contributed by atoms with Crippen molar-refractivity contribution in [3.8, 4) is 17.3 Å². The fraction of sp³-hybridized carbons (Fsp3) is 0.333. The van der Waals surface area contributed by atoms with E-state index in [9.17, 15) is 0 Å². The predicted molar refractivity (Wildman–Crippen MR) is 63.8 cm³/mol. The number of hydrogen-bond donors (Lipinski definition) is 2. The van der Waals surface area contributed by atoms with Crippen molar-refractivity contribution >= 4 is 0 Å². The zero-order chi connectivity index (χ0) is 11.7. The van der Waals surface area contributed by atoms with Crippen molar-refractivity contribution in [2.75, 3.05) is 13.7 Å². The Labute approximate surface area is 99.3 Å². The molecule has 0 radical (unpaired) electrons. The number of hydrogen-bond acceptors (Lipinski definition) is 4. The normalized spacial score (nSPS) is 14.4. The predicted octanol–water partition coefficient (Wildman–Crippen LogP) is 1.13. The van der Waals surface area contributed by atoms with Crippen molar-refractivity contribution in [3.63, 3.8) is 0 Å². The summed E-state index contributed by atoms with van der Waals surface area (Å²) in [6, 6.07) is 3.80. The van der Waals surface area contributed by atoms with Crippen LogP contribution in [0.25, 0.3) is 11.4 Å². The first-order valence-corrected chi connectivity index (χ1v) is 5.65. The van der Waals surface area contributed by atoms with E-state index < -0.39 is 0 Å². The van der Waals surface area contributed by atoms with Crippen LogP contribution >= 0.6 is 0 Å². The van der Waals surface area contributed by atoms with Gasteiger partial charge in [-0.3, -0.25) is 0 Å². The second-order valence-corrected chi connectivity index (χ2v) is 4.03. The van der Waals surface area contributed by atoms with Gasteiger partial charge in [-0.25, -0.2) is 9.97 Å². The maximum absolute atomic E-state index is 5.03. The molecule has 1 aliphatic rings. The van der Waals surface area contributed by atoms with Gasteiger partial charge in [0, 0.05) is 37.3 Å². The molecule has 0 fully saturated rings. The SMILES string of the molecule is COc1ccc(-c2nc3c([nH]2)CNCC3)cn1. The summed E-state index contributed by atoms with van der Waals surface area (Å²) in [7, 11) is 1.61. The number of aromatic nitrogens is 3. The summed E-state index contributed by atoms with van der Waals surface area (Å²) < 4.78 is 5.03. The average Bonchev–Trinajstić information content (AvgIpc) is 2.82. The summed E-state index contributed by atoms with van der Waals surface area (Å²) in [6.45, 7) is 1.87. The highest BCUT2D eigenvalue weighted by atomic mass is 16.5. The molecule has 2 aromatic rings. The van der Waals surface area contributed by atoms with E-state index in [0.29, 0.717) is 5.88 Å². The lowest BCUT2D eigenvalue weighted by atomic mass is 10.2. The van der Waals surface area contributed by atoms with Crippen LogP contribution in [0, 0.1) is 0 Å².